The highest BCUT2D eigenvalue weighted by molar-refractivity contribution is 9.10. The Bertz CT molecular complexity index is 325. The molecule has 0 spiro atoms. The molecule has 0 saturated heterocycles. The van der Waals surface area contributed by atoms with Gasteiger partial charge in [-0.05, 0) is 46.5 Å². The zero-order valence-electron chi connectivity index (χ0n) is 7.84. The lowest BCUT2D eigenvalue weighted by molar-refractivity contribution is 0.606. The zero-order chi connectivity index (χ0) is 10.6. The number of hydrogen-bond donors (Lipinski definition) is 1. The van der Waals surface area contributed by atoms with Crippen molar-refractivity contribution in [1.29, 1.82) is 0 Å². The maximum Gasteiger partial charge on any atom is 0.137 e. The van der Waals surface area contributed by atoms with Crippen LogP contribution >= 0.6 is 15.9 Å². The molecule has 1 aromatic rings. The molecule has 2 N–H and O–H groups in total. The van der Waals surface area contributed by atoms with Crippen molar-refractivity contribution in [3.8, 4) is 0 Å². The highest BCUT2D eigenvalue weighted by Crippen LogP contribution is 2.21. The Kier molecular flexibility index (Phi) is 4.29. The van der Waals surface area contributed by atoms with Gasteiger partial charge < -0.3 is 5.73 Å². The van der Waals surface area contributed by atoms with Crippen molar-refractivity contribution >= 4 is 15.9 Å². The SMILES string of the molecule is C=CCC[C@H](N)c1ccc(Br)c(F)c1. The first-order valence-corrected chi connectivity index (χ1v) is 5.26. The van der Waals surface area contributed by atoms with Crippen LogP contribution in [0.3, 0.4) is 0 Å². The van der Waals surface area contributed by atoms with Gasteiger partial charge in [-0.2, -0.15) is 0 Å². The Morgan fingerprint density at radius 1 is 1.57 bits per heavy atom. The molecule has 1 atom stereocenters. The van der Waals surface area contributed by atoms with Crippen molar-refractivity contribution in [2.45, 2.75) is 18.9 Å². The van der Waals surface area contributed by atoms with Gasteiger partial charge in [-0.3, -0.25) is 0 Å². The maximum atomic E-state index is 13.1. The lowest BCUT2D eigenvalue weighted by Gasteiger charge is -2.10. The quantitative estimate of drug-likeness (QED) is 0.821. The highest BCUT2D eigenvalue weighted by atomic mass is 79.9. The molecule has 1 aromatic carbocycles. The smallest absolute Gasteiger partial charge is 0.137 e. The molecule has 0 amide bonds. The topological polar surface area (TPSA) is 26.0 Å². The van der Waals surface area contributed by atoms with Crippen molar-refractivity contribution in [1.82, 2.24) is 0 Å². The van der Waals surface area contributed by atoms with E-state index < -0.39 is 0 Å². The number of nitrogens with two attached hydrogens (primary N) is 1. The minimum absolute atomic E-state index is 0.115. The Hall–Kier alpha value is -0.670. The number of halogens is 2. The first-order chi connectivity index (χ1) is 6.65. The summed E-state index contributed by atoms with van der Waals surface area (Å²) in [5.41, 5.74) is 6.70. The summed E-state index contributed by atoms with van der Waals surface area (Å²) < 4.78 is 13.6. The molecule has 0 fully saturated rings. The molecule has 1 nitrogen and oxygen atoms in total. The van der Waals surface area contributed by atoms with Crippen molar-refractivity contribution < 1.29 is 4.39 Å². The van der Waals surface area contributed by atoms with Gasteiger partial charge in [0.1, 0.15) is 5.82 Å². The van der Waals surface area contributed by atoms with Crippen molar-refractivity contribution in [3.05, 3.63) is 46.7 Å². The number of rotatable bonds is 4. The van der Waals surface area contributed by atoms with Gasteiger partial charge in [0, 0.05) is 6.04 Å². The number of hydrogen-bond acceptors (Lipinski definition) is 1. The van der Waals surface area contributed by atoms with Crippen LogP contribution in [0.15, 0.2) is 35.3 Å². The first-order valence-electron chi connectivity index (χ1n) is 4.46. The zero-order valence-corrected chi connectivity index (χ0v) is 9.43. The van der Waals surface area contributed by atoms with Gasteiger partial charge in [0.05, 0.1) is 4.47 Å². The second-order valence-electron chi connectivity index (χ2n) is 3.15. The highest BCUT2D eigenvalue weighted by Gasteiger charge is 2.07. The van der Waals surface area contributed by atoms with E-state index in [1.807, 2.05) is 12.1 Å². The molecule has 0 aliphatic carbocycles. The van der Waals surface area contributed by atoms with Crippen LogP contribution in [0.2, 0.25) is 0 Å². The fourth-order valence-electron chi connectivity index (χ4n) is 1.21. The molecule has 0 bridgehead atoms. The molecule has 76 valence electrons. The third-order valence-corrected chi connectivity index (χ3v) is 2.70. The minimum atomic E-state index is -0.267. The van der Waals surface area contributed by atoms with Crippen LogP contribution in [0, 0.1) is 5.82 Å². The third-order valence-electron chi connectivity index (χ3n) is 2.05. The summed E-state index contributed by atoms with van der Waals surface area (Å²) in [4.78, 5) is 0. The fourth-order valence-corrected chi connectivity index (χ4v) is 1.45. The van der Waals surface area contributed by atoms with Gasteiger partial charge in [-0.1, -0.05) is 12.1 Å². The number of allylic oxidation sites excluding steroid dienone is 1. The summed E-state index contributed by atoms with van der Waals surface area (Å²) in [5.74, 6) is -0.267. The normalized spacial score (nSPS) is 12.5. The van der Waals surface area contributed by atoms with Crippen LogP contribution in [-0.2, 0) is 0 Å². The van der Waals surface area contributed by atoms with Crippen LogP contribution < -0.4 is 5.73 Å². The first kappa shape index (κ1) is 11.4. The minimum Gasteiger partial charge on any atom is -0.324 e. The average molecular weight is 258 g/mol. The molecular formula is C11H13BrFN. The van der Waals surface area contributed by atoms with E-state index in [4.69, 9.17) is 5.73 Å². The van der Waals surface area contributed by atoms with Gasteiger partial charge in [0.25, 0.3) is 0 Å². The molecule has 0 aliphatic heterocycles. The third kappa shape index (κ3) is 2.93. The molecule has 1 rings (SSSR count). The van der Waals surface area contributed by atoms with Crippen molar-refractivity contribution in [2.75, 3.05) is 0 Å². The summed E-state index contributed by atoms with van der Waals surface area (Å²) in [6.45, 7) is 3.62. The lowest BCUT2D eigenvalue weighted by Crippen LogP contribution is -2.09. The van der Waals surface area contributed by atoms with Crippen LogP contribution in [0.1, 0.15) is 24.4 Å². The predicted molar refractivity (Wildman–Crippen MR) is 60.5 cm³/mol. The molecule has 0 saturated carbocycles. The predicted octanol–water partition coefficient (Wildman–Crippen LogP) is 3.55. The standard InChI is InChI=1S/C11H13BrFN/c1-2-3-4-11(14)8-5-6-9(12)10(13)7-8/h2,5-7,11H,1,3-4,14H2/t11-/m0/s1. The second-order valence-corrected chi connectivity index (χ2v) is 4.00. The fraction of sp³-hybridized carbons (Fsp3) is 0.273. The Balaban J connectivity index is 2.75. The van der Waals surface area contributed by atoms with E-state index in [1.165, 1.54) is 6.07 Å². The molecule has 0 aliphatic rings. The van der Waals surface area contributed by atoms with Crippen LogP contribution in [0.25, 0.3) is 0 Å². The molecule has 14 heavy (non-hydrogen) atoms. The van der Waals surface area contributed by atoms with Crippen molar-refractivity contribution in [3.63, 3.8) is 0 Å². The van der Waals surface area contributed by atoms with E-state index >= 15 is 0 Å². The second kappa shape index (κ2) is 5.27. The molecule has 0 unspecified atom stereocenters. The largest absolute Gasteiger partial charge is 0.324 e. The van der Waals surface area contributed by atoms with E-state index in [1.54, 1.807) is 6.07 Å². The van der Waals surface area contributed by atoms with Gasteiger partial charge >= 0.3 is 0 Å². The number of benzene rings is 1. The van der Waals surface area contributed by atoms with Gasteiger partial charge in [-0.15, -0.1) is 6.58 Å². The summed E-state index contributed by atoms with van der Waals surface area (Å²) in [5, 5.41) is 0. The Morgan fingerprint density at radius 2 is 2.29 bits per heavy atom. The van der Waals surface area contributed by atoms with E-state index in [2.05, 4.69) is 22.5 Å². The summed E-state index contributed by atoms with van der Waals surface area (Å²) >= 11 is 3.10. The van der Waals surface area contributed by atoms with Crippen LogP contribution in [0.4, 0.5) is 4.39 Å². The summed E-state index contributed by atoms with van der Waals surface area (Å²) in [6.07, 6.45) is 3.46. The van der Waals surface area contributed by atoms with E-state index in [0.717, 1.165) is 18.4 Å². The molecule has 3 heteroatoms. The average Bonchev–Trinajstić information content (AvgIpc) is 2.18. The lowest BCUT2D eigenvalue weighted by atomic mass is 10.0. The molecular weight excluding hydrogens is 245 g/mol. The molecule has 0 heterocycles. The van der Waals surface area contributed by atoms with Gasteiger partial charge in [-0.25, -0.2) is 4.39 Å². The molecule has 0 aromatic heterocycles. The van der Waals surface area contributed by atoms with Gasteiger partial charge in [0.2, 0.25) is 0 Å². The summed E-state index contributed by atoms with van der Waals surface area (Å²) in [7, 11) is 0. The van der Waals surface area contributed by atoms with E-state index in [0.29, 0.717) is 4.47 Å². The maximum absolute atomic E-state index is 13.1. The van der Waals surface area contributed by atoms with E-state index in [9.17, 15) is 4.39 Å². The van der Waals surface area contributed by atoms with Gasteiger partial charge in [0.15, 0.2) is 0 Å². The van der Waals surface area contributed by atoms with Crippen molar-refractivity contribution in [2.24, 2.45) is 5.73 Å². The Morgan fingerprint density at radius 3 is 2.86 bits per heavy atom. The Labute approximate surface area is 91.9 Å². The monoisotopic (exact) mass is 257 g/mol. The van der Waals surface area contributed by atoms with Crippen LogP contribution in [-0.4, -0.2) is 0 Å². The van der Waals surface area contributed by atoms with E-state index in [-0.39, 0.29) is 11.9 Å². The molecule has 0 radical (unpaired) electrons. The van der Waals surface area contributed by atoms with Crippen LogP contribution in [0.5, 0.6) is 0 Å². The summed E-state index contributed by atoms with van der Waals surface area (Å²) in [6, 6.07) is 4.87.